The minimum Gasteiger partial charge on any atom is -0.355 e. The molecule has 25 heavy (non-hydrogen) atoms. The summed E-state index contributed by atoms with van der Waals surface area (Å²) in [5.74, 6) is 0.790. The standard InChI is InChI=1S/C16H20N8O/c17-11-13-3-1-7-18-16(13)23-9-5-14(6-10-23)20-15(25)4-2-8-24-12-19-21-22-24/h1,3,7,12,14H,2,4-6,8-10H2,(H,20,25). The highest BCUT2D eigenvalue weighted by molar-refractivity contribution is 5.76. The number of aromatic nitrogens is 5. The third-order valence-corrected chi connectivity index (χ3v) is 4.25. The summed E-state index contributed by atoms with van der Waals surface area (Å²) in [6.07, 6.45) is 6.10. The van der Waals surface area contributed by atoms with Gasteiger partial charge in [-0.1, -0.05) is 0 Å². The molecule has 9 nitrogen and oxygen atoms in total. The molecule has 1 amide bonds. The number of carbonyl (C=O) groups is 1. The van der Waals surface area contributed by atoms with Gasteiger partial charge in [-0.15, -0.1) is 5.10 Å². The van der Waals surface area contributed by atoms with Gasteiger partial charge in [-0.25, -0.2) is 9.67 Å². The van der Waals surface area contributed by atoms with Gasteiger partial charge in [0.1, 0.15) is 18.2 Å². The second-order valence-electron chi connectivity index (χ2n) is 5.99. The third-order valence-electron chi connectivity index (χ3n) is 4.25. The molecule has 0 bridgehead atoms. The van der Waals surface area contributed by atoms with Gasteiger partial charge in [0.15, 0.2) is 0 Å². The Labute approximate surface area is 145 Å². The molecule has 0 saturated carbocycles. The SMILES string of the molecule is N#Cc1cccnc1N1CCC(NC(=O)CCCn2cnnn2)CC1. The Hall–Kier alpha value is -3.02. The van der Waals surface area contributed by atoms with E-state index in [1.807, 2.05) is 0 Å². The molecule has 0 aliphatic carbocycles. The minimum atomic E-state index is 0.0575. The van der Waals surface area contributed by atoms with Crippen molar-refractivity contribution in [3.8, 4) is 6.07 Å². The number of hydrogen-bond acceptors (Lipinski definition) is 7. The summed E-state index contributed by atoms with van der Waals surface area (Å²) in [4.78, 5) is 18.5. The number of pyridine rings is 1. The molecule has 0 radical (unpaired) electrons. The number of amides is 1. The number of nitriles is 1. The average Bonchev–Trinajstić information content (AvgIpc) is 3.16. The van der Waals surface area contributed by atoms with Crippen LogP contribution in [0.15, 0.2) is 24.7 Å². The van der Waals surface area contributed by atoms with Crippen LogP contribution < -0.4 is 10.2 Å². The van der Waals surface area contributed by atoms with Gasteiger partial charge in [0, 0.05) is 38.3 Å². The smallest absolute Gasteiger partial charge is 0.220 e. The van der Waals surface area contributed by atoms with Crippen molar-refractivity contribution in [2.24, 2.45) is 0 Å². The van der Waals surface area contributed by atoms with Crippen molar-refractivity contribution in [2.45, 2.75) is 38.3 Å². The Kier molecular flexibility index (Phi) is 5.51. The number of anilines is 1. The van der Waals surface area contributed by atoms with Crippen molar-refractivity contribution < 1.29 is 4.79 Å². The van der Waals surface area contributed by atoms with Crippen LogP contribution in [0, 0.1) is 11.3 Å². The van der Waals surface area contributed by atoms with Crippen LogP contribution in [-0.4, -0.2) is 50.2 Å². The van der Waals surface area contributed by atoms with E-state index >= 15 is 0 Å². The number of nitrogens with one attached hydrogen (secondary N) is 1. The minimum absolute atomic E-state index is 0.0575. The van der Waals surface area contributed by atoms with Crippen LogP contribution in [0.3, 0.4) is 0 Å². The fourth-order valence-corrected chi connectivity index (χ4v) is 2.96. The fourth-order valence-electron chi connectivity index (χ4n) is 2.96. The van der Waals surface area contributed by atoms with Crippen LogP contribution in [0.2, 0.25) is 0 Å². The summed E-state index contributed by atoms with van der Waals surface area (Å²) in [5, 5.41) is 23.2. The summed E-state index contributed by atoms with van der Waals surface area (Å²) in [7, 11) is 0. The van der Waals surface area contributed by atoms with Gasteiger partial charge in [-0.05, 0) is 41.8 Å². The van der Waals surface area contributed by atoms with Crippen LogP contribution in [-0.2, 0) is 11.3 Å². The molecule has 3 rings (SSSR count). The summed E-state index contributed by atoms with van der Waals surface area (Å²) in [6, 6.07) is 5.90. The van der Waals surface area contributed by atoms with E-state index in [9.17, 15) is 10.1 Å². The first-order chi connectivity index (χ1) is 12.3. The third kappa shape index (κ3) is 4.50. The molecule has 1 aliphatic heterocycles. The Balaban J connectivity index is 1.41. The summed E-state index contributed by atoms with van der Waals surface area (Å²) < 4.78 is 1.62. The van der Waals surface area contributed by atoms with Crippen molar-refractivity contribution in [3.63, 3.8) is 0 Å². The highest BCUT2D eigenvalue weighted by Crippen LogP contribution is 2.21. The zero-order valence-electron chi connectivity index (χ0n) is 13.9. The number of nitrogens with zero attached hydrogens (tertiary/aromatic N) is 7. The topological polar surface area (TPSA) is 113 Å². The highest BCUT2D eigenvalue weighted by Gasteiger charge is 2.22. The van der Waals surface area contributed by atoms with Gasteiger partial charge in [-0.3, -0.25) is 4.79 Å². The van der Waals surface area contributed by atoms with Gasteiger partial charge in [-0.2, -0.15) is 5.26 Å². The van der Waals surface area contributed by atoms with Crippen molar-refractivity contribution in [2.75, 3.05) is 18.0 Å². The van der Waals surface area contributed by atoms with Crippen LogP contribution in [0.5, 0.6) is 0 Å². The van der Waals surface area contributed by atoms with E-state index < -0.39 is 0 Å². The van der Waals surface area contributed by atoms with Crippen molar-refractivity contribution in [1.29, 1.82) is 5.26 Å². The number of rotatable bonds is 6. The lowest BCUT2D eigenvalue weighted by molar-refractivity contribution is -0.122. The van der Waals surface area contributed by atoms with E-state index in [0.717, 1.165) is 31.7 Å². The molecule has 1 saturated heterocycles. The molecule has 130 valence electrons. The number of aryl methyl sites for hydroxylation is 1. The van der Waals surface area contributed by atoms with E-state index in [1.165, 1.54) is 0 Å². The highest BCUT2D eigenvalue weighted by atomic mass is 16.1. The molecule has 3 heterocycles. The Morgan fingerprint density at radius 2 is 2.24 bits per heavy atom. The summed E-state index contributed by atoms with van der Waals surface area (Å²) in [5.41, 5.74) is 0.590. The monoisotopic (exact) mass is 340 g/mol. The van der Waals surface area contributed by atoms with Gasteiger partial charge in [0.05, 0.1) is 5.56 Å². The second kappa shape index (κ2) is 8.19. The number of tetrazole rings is 1. The van der Waals surface area contributed by atoms with E-state index in [0.29, 0.717) is 24.9 Å². The van der Waals surface area contributed by atoms with Crippen LogP contribution in [0.1, 0.15) is 31.2 Å². The van der Waals surface area contributed by atoms with Crippen molar-refractivity contribution >= 4 is 11.7 Å². The Morgan fingerprint density at radius 1 is 1.40 bits per heavy atom. The first kappa shape index (κ1) is 16.8. The zero-order valence-corrected chi connectivity index (χ0v) is 13.9. The number of hydrogen-bond donors (Lipinski definition) is 1. The summed E-state index contributed by atoms with van der Waals surface area (Å²) >= 11 is 0. The molecule has 0 atom stereocenters. The van der Waals surface area contributed by atoms with E-state index in [2.05, 4.69) is 36.8 Å². The van der Waals surface area contributed by atoms with Gasteiger partial charge < -0.3 is 10.2 Å². The normalized spacial score (nSPS) is 14.9. The molecule has 2 aromatic heterocycles. The molecular formula is C16H20N8O. The van der Waals surface area contributed by atoms with Gasteiger partial charge in [0.25, 0.3) is 0 Å². The van der Waals surface area contributed by atoms with Crippen LogP contribution >= 0.6 is 0 Å². The molecule has 2 aromatic rings. The van der Waals surface area contributed by atoms with E-state index in [1.54, 1.807) is 29.3 Å². The zero-order chi connectivity index (χ0) is 17.5. The van der Waals surface area contributed by atoms with Crippen molar-refractivity contribution in [1.82, 2.24) is 30.5 Å². The Morgan fingerprint density at radius 3 is 2.96 bits per heavy atom. The van der Waals surface area contributed by atoms with Crippen molar-refractivity contribution in [3.05, 3.63) is 30.2 Å². The van der Waals surface area contributed by atoms with Crippen LogP contribution in [0.25, 0.3) is 0 Å². The lowest BCUT2D eigenvalue weighted by atomic mass is 10.0. The first-order valence-electron chi connectivity index (χ1n) is 8.36. The molecule has 0 unspecified atom stereocenters. The maximum atomic E-state index is 12.1. The molecule has 1 fully saturated rings. The molecule has 0 aromatic carbocycles. The first-order valence-corrected chi connectivity index (χ1v) is 8.36. The maximum absolute atomic E-state index is 12.1. The Bertz CT molecular complexity index is 731. The molecule has 1 aliphatic rings. The molecule has 0 spiro atoms. The van der Waals surface area contributed by atoms with E-state index in [4.69, 9.17) is 0 Å². The molecule has 9 heteroatoms. The quantitative estimate of drug-likeness (QED) is 0.815. The molecular weight excluding hydrogens is 320 g/mol. The number of carbonyl (C=O) groups excluding carboxylic acids is 1. The van der Waals surface area contributed by atoms with Gasteiger partial charge >= 0.3 is 0 Å². The predicted octanol–water partition coefficient (Wildman–Crippen LogP) is 0.505. The van der Waals surface area contributed by atoms with E-state index in [-0.39, 0.29) is 11.9 Å². The summed E-state index contributed by atoms with van der Waals surface area (Å²) in [6.45, 7) is 2.19. The predicted molar refractivity (Wildman–Crippen MR) is 89.4 cm³/mol. The fraction of sp³-hybridized carbons (Fsp3) is 0.500. The number of piperidine rings is 1. The lowest BCUT2D eigenvalue weighted by Crippen LogP contribution is -2.45. The van der Waals surface area contributed by atoms with Gasteiger partial charge in [0.2, 0.25) is 5.91 Å². The molecule has 1 N–H and O–H groups in total. The second-order valence-corrected chi connectivity index (χ2v) is 5.99. The maximum Gasteiger partial charge on any atom is 0.220 e. The largest absolute Gasteiger partial charge is 0.355 e. The lowest BCUT2D eigenvalue weighted by Gasteiger charge is -2.33. The van der Waals surface area contributed by atoms with Crippen LogP contribution in [0.4, 0.5) is 5.82 Å². The average molecular weight is 340 g/mol.